The quantitative estimate of drug-likeness (QED) is 0.855. The molecule has 0 aliphatic carbocycles. The highest BCUT2D eigenvalue weighted by Crippen LogP contribution is 2.44. The number of hydrogen-bond donors (Lipinski definition) is 1. The first-order valence-corrected chi connectivity index (χ1v) is 8.95. The molecule has 0 radical (unpaired) electrons. The van der Waals surface area contributed by atoms with Crippen molar-refractivity contribution in [1.82, 2.24) is 10.2 Å². The van der Waals surface area contributed by atoms with Crippen molar-refractivity contribution in [2.75, 3.05) is 6.54 Å². The predicted octanol–water partition coefficient (Wildman–Crippen LogP) is 4.26. The lowest BCUT2D eigenvalue weighted by Gasteiger charge is -2.50. The number of benzene rings is 2. The molecule has 2 aliphatic rings. The summed E-state index contributed by atoms with van der Waals surface area (Å²) in [6.45, 7) is 2.64. The molecule has 2 aromatic rings. The van der Waals surface area contributed by atoms with Crippen LogP contribution in [0.4, 0.5) is 4.79 Å². The minimum absolute atomic E-state index is 0.00303. The molecule has 0 unspecified atom stereocenters. The van der Waals surface area contributed by atoms with Crippen LogP contribution in [0.2, 0.25) is 0 Å². The smallest absolute Gasteiger partial charge is 0.320 e. The van der Waals surface area contributed by atoms with E-state index in [9.17, 15) is 4.79 Å². The zero-order chi connectivity index (χ0) is 16.7. The Morgan fingerprint density at radius 3 is 2.88 bits per heavy atom. The molecule has 1 saturated heterocycles. The molecule has 0 aromatic heterocycles. The molecule has 4 nitrogen and oxygen atoms in total. The van der Waals surface area contributed by atoms with Gasteiger partial charge in [0.1, 0.15) is 5.75 Å². The summed E-state index contributed by atoms with van der Waals surface area (Å²) in [4.78, 5) is 14.5. The van der Waals surface area contributed by atoms with Crippen LogP contribution in [-0.2, 0) is 6.42 Å². The zero-order valence-electron chi connectivity index (χ0n) is 13.5. The Hall–Kier alpha value is -2.01. The minimum Gasteiger partial charge on any atom is -0.468 e. The van der Waals surface area contributed by atoms with E-state index in [1.54, 1.807) is 0 Å². The number of hydrogen-bond acceptors (Lipinski definition) is 2. The lowest BCUT2D eigenvalue weighted by atomic mass is 9.90. The number of fused-ring (bicyclic) bond motifs is 4. The fraction of sp³-hybridized carbons (Fsp3) is 0.316. The SMILES string of the molecule is C[C@@]12C[C@@H](NC(=O)N1CCc1ccccc1)c1cc(Br)ccc1O2. The van der Waals surface area contributed by atoms with Gasteiger partial charge in [-0.3, -0.25) is 4.90 Å². The summed E-state index contributed by atoms with van der Waals surface area (Å²) in [5.41, 5.74) is 1.65. The van der Waals surface area contributed by atoms with E-state index in [2.05, 4.69) is 33.4 Å². The first-order valence-electron chi connectivity index (χ1n) is 8.16. The Labute approximate surface area is 149 Å². The molecule has 2 amide bonds. The highest BCUT2D eigenvalue weighted by atomic mass is 79.9. The van der Waals surface area contributed by atoms with Gasteiger partial charge in [0.05, 0.1) is 6.04 Å². The first kappa shape index (κ1) is 15.5. The van der Waals surface area contributed by atoms with Gasteiger partial charge < -0.3 is 10.1 Å². The normalized spacial score (nSPS) is 24.8. The number of amides is 2. The Morgan fingerprint density at radius 2 is 2.08 bits per heavy atom. The van der Waals surface area contributed by atoms with Crippen LogP contribution in [0.15, 0.2) is 53.0 Å². The third-order valence-corrected chi connectivity index (χ3v) is 5.33. The number of carbonyl (C=O) groups excluding carboxylic acids is 1. The van der Waals surface area contributed by atoms with E-state index in [4.69, 9.17) is 4.74 Å². The maximum Gasteiger partial charge on any atom is 0.320 e. The number of halogens is 1. The fourth-order valence-electron chi connectivity index (χ4n) is 3.61. The third kappa shape index (κ3) is 2.67. The molecular formula is C19H19BrN2O2. The van der Waals surface area contributed by atoms with Crippen LogP contribution < -0.4 is 10.1 Å². The average Bonchev–Trinajstić information content (AvgIpc) is 2.56. The Balaban J connectivity index is 1.59. The minimum atomic E-state index is -0.609. The van der Waals surface area contributed by atoms with Crippen molar-refractivity contribution in [2.45, 2.75) is 31.5 Å². The molecule has 1 fully saturated rings. The first-order chi connectivity index (χ1) is 11.5. The Kier molecular flexibility index (Phi) is 3.76. The topological polar surface area (TPSA) is 41.6 Å². The lowest BCUT2D eigenvalue weighted by Crippen LogP contribution is -2.65. The van der Waals surface area contributed by atoms with Crippen LogP contribution in [-0.4, -0.2) is 23.2 Å². The second-order valence-corrected chi connectivity index (χ2v) is 7.47. The highest BCUT2D eigenvalue weighted by Gasteiger charge is 2.48. The van der Waals surface area contributed by atoms with Gasteiger partial charge in [0, 0.05) is 23.0 Å². The average molecular weight is 387 g/mol. The number of carbonyl (C=O) groups is 1. The maximum absolute atomic E-state index is 12.7. The van der Waals surface area contributed by atoms with Gasteiger partial charge in [-0.2, -0.15) is 0 Å². The molecule has 4 rings (SSSR count). The van der Waals surface area contributed by atoms with E-state index in [1.165, 1.54) is 5.56 Å². The summed E-state index contributed by atoms with van der Waals surface area (Å²) in [5, 5.41) is 3.13. The van der Waals surface area contributed by atoms with Gasteiger partial charge in [-0.15, -0.1) is 0 Å². The van der Waals surface area contributed by atoms with Crippen LogP contribution in [0, 0.1) is 0 Å². The summed E-state index contributed by atoms with van der Waals surface area (Å²) >= 11 is 3.49. The Bertz CT molecular complexity index is 780. The molecule has 124 valence electrons. The molecular weight excluding hydrogens is 368 g/mol. The van der Waals surface area contributed by atoms with E-state index in [1.807, 2.05) is 48.2 Å². The van der Waals surface area contributed by atoms with E-state index in [0.717, 1.165) is 28.6 Å². The molecule has 1 N–H and O–H groups in total. The van der Waals surface area contributed by atoms with Crippen molar-refractivity contribution in [3.63, 3.8) is 0 Å². The largest absolute Gasteiger partial charge is 0.468 e. The van der Waals surface area contributed by atoms with E-state index in [0.29, 0.717) is 6.54 Å². The molecule has 2 atom stereocenters. The molecule has 0 spiro atoms. The Morgan fingerprint density at radius 1 is 1.29 bits per heavy atom. The van der Waals surface area contributed by atoms with Crippen molar-refractivity contribution in [3.05, 3.63) is 64.1 Å². The van der Waals surface area contributed by atoms with Crippen molar-refractivity contribution < 1.29 is 9.53 Å². The van der Waals surface area contributed by atoms with Crippen molar-refractivity contribution in [2.24, 2.45) is 0 Å². The lowest BCUT2D eigenvalue weighted by molar-refractivity contribution is -0.0833. The van der Waals surface area contributed by atoms with E-state index >= 15 is 0 Å². The summed E-state index contributed by atoms with van der Waals surface area (Å²) < 4.78 is 7.26. The molecule has 2 bridgehead atoms. The van der Waals surface area contributed by atoms with Crippen LogP contribution in [0.25, 0.3) is 0 Å². The van der Waals surface area contributed by atoms with Gasteiger partial charge in [0.25, 0.3) is 0 Å². The molecule has 24 heavy (non-hydrogen) atoms. The van der Waals surface area contributed by atoms with Crippen LogP contribution >= 0.6 is 15.9 Å². The second-order valence-electron chi connectivity index (χ2n) is 6.55. The maximum atomic E-state index is 12.7. The predicted molar refractivity (Wildman–Crippen MR) is 95.9 cm³/mol. The number of ether oxygens (including phenoxy) is 1. The summed E-state index contributed by atoms with van der Waals surface area (Å²) in [5.74, 6) is 0.849. The van der Waals surface area contributed by atoms with E-state index in [-0.39, 0.29) is 12.1 Å². The van der Waals surface area contributed by atoms with Crippen LogP contribution in [0.3, 0.4) is 0 Å². The molecule has 5 heteroatoms. The van der Waals surface area contributed by atoms with Crippen molar-refractivity contribution in [3.8, 4) is 5.75 Å². The number of urea groups is 1. The van der Waals surface area contributed by atoms with Crippen molar-refractivity contribution >= 4 is 22.0 Å². The van der Waals surface area contributed by atoms with Gasteiger partial charge >= 0.3 is 6.03 Å². The van der Waals surface area contributed by atoms with Gasteiger partial charge in [-0.1, -0.05) is 46.3 Å². The number of rotatable bonds is 3. The van der Waals surface area contributed by atoms with E-state index < -0.39 is 5.72 Å². The van der Waals surface area contributed by atoms with Gasteiger partial charge in [0.2, 0.25) is 0 Å². The van der Waals surface area contributed by atoms with Gasteiger partial charge in [0.15, 0.2) is 5.72 Å². The summed E-state index contributed by atoms with van der Waals surface area (Å²) in [6, 6.07) is 16.1. The van der Waals surface area contributed by atoms with Gasteiger partial charge in [-0.25, -0.2) is 4.79 Å². The third-order valence-electron chi connectivity index (χ3n) is 4.84. The zero-order valence-corrected chi connectivity index (χ0v) is 15.0. The molecule has 2 aromatic carbocycles. The fourth-order valence-corrected chi connectivity index (χ4v) is 3.99. The van der Waals surface area contributed by atoms with Crippen LogP contribution in [0.5, 0.6) is 5.75 Å². The molecule has 2 heterocycles. The number of nitrogens with zero attached hydrogens (tertiary/aromatic N) is 1. The molecule has 2 aliphatic heterocycles. The highest BCUT2D eigenvalue weighted by molar-refractivity contribution is 9.10. The van der Waals surface area contributed by atoms with Crippen molar-refractivity contribution in [1.29, 1.82) is 0 Å². The monoisotopic (exact) mass is 386 g/mol. The second kappa shape index (κ2) is 5.81. The summed E-state index contributed by atoms with van der Waals surface area (Å²) in [7, 11) is 0. The number of nitrogens with one attached hydrogen (secondary N) is 1. The van der Waals surface area contributed by atoms with Gasteiger partial charge in [-0.05, 0) is 37.1 Å². The summed E-state index contributed by atoms with van der Waals surface area (Å²) in [6.07, 6.45) is 1.56. The van der Waals surface area contributed by atoms with Crippen LogP contribution in [0.1, 0.15) is 30.5 Å². The molecule has 0 saturated carbocycles. The standard InChI is InChI=1S/C19H19BrN2O2/c1-19-12-16(15-11-14(20)7-8-17(15)24-19)21-18(23)22(19)10-9-13-5-3-2-4-6-13/h2-8,11,16H,9-10,12H2,1H3,(H,21,23)/t16-,19-/m1/s1.